The van der Waals surface area contributed by atoms with E-state index in [-0.39, 0.29) is 5.38 Å². The van der Waals surface area contributed by atoms with Crippen LogP contribution in [0, 0.1) is 0 Å². The van der Waals surface area contributed by atoms with Gasteiger partial charge in [0.15, 0.2) is 0 Å². The Kier molecular flexibility index (Phi) is 3.37. The van der Waals surface area contributed by atoms with Crippen molar-refractivity contribution in [2.24, 2.45) is 0 Å². The minimum atomic E-state index is -0.126. The first kappa shape index (κ1) is 12.8. The average molecular weight is 281 g/mol. The maximum Gasteiger partial charge on any atom is 0.128 e. The summed E-state index contributed by atoms with van der Waals surface area (Å²) < 4.78 is 13.0. The van der Waals surface area contributed by atoms with Gasteiger partial charge in [-0.25, -0.2) is 4.98 Å². The predicted octanol–water partition coefficient (Wildman–Crippen LogP) is 3.31. The van der Waals surface area contributed by atoms with Crippen molar-refractivity contribution >= 4 is 22.6 Å². The molecule has 102 valence electrons. The Bertz CT molecular complexity index is 588. The van der Waals surface area contributed by atoms with Gasteiger partial charge in [-0.15, -0.1) is 11.6 Å². The van der Waals surface area contributed by atoms with Crippen LogP contribution in [0.5, 0.6) is 5.75 Å². The molecule has 2 heterocycles. The molecule has 4 nitrogen and oxygen atoms in total. The summed E-state index contributed by atoms with van der Waals surface area (Å²) in [4.78, 5) is 4.65. The van der Waals surface area contributed by atoms with E-state index in [1.165, 1.54) is 0 Å². The summed E-state index contributed by atoms with van der Waals surface area (Å²) >= 11 is 6.28. The van der Waals surface area contributed by atoms with Crippen LogP contribution in [-0.4, -0.2) is 29.9 Å². The molecule has 2 unspecified atom stereocenters. The molecule has 1 aromatic heterocycles. The summed E-state index contributed by atoms with van der Waals surface area (Å²) in [5.41, 5.74) is 2.02. The highest BCUT2D eigenvalue weighted by atomic mass is 35.5. The number of hydrogen-bond acceptors (Lipinski definition) is 3. The standard InChI is InChI=1S/C14H17ClN2O2/c1-9(15)14-16-12-4-3-11(18-2)7-13(12)17(14)10-5-6-19-8-10/h3-4,7,9-10H,5-6,8H2,1-2H3. The second-order valence-corrected chi connectivity index (χ2v) is 5.48. The van der Waals surface area contributed by atoms with Crippen molar-refractivity contribution in [2.45, 2.75) is 24.8 Å². The lowest BCUT2D eigenvalue weighted by Gasteiger charge is -2.16. The van der Waals surface area contributed by atoms with Crippen LogP contribution in [0.15, 0.2) is 18.2 Å². The van der Waals surface area contributed by atoms with E-state index in [4.69, 9.17) is 21.1 Å². The van der Waals surface area contributed by atoms with Gasteiger partial charge in [0.25, 0.3) is 0 Å². The summed E-state index contributed by atoms with van der Waals surface area (Å²) in [5.74, 6) is 1.74. The van der Waals surface area contributed by atoms with E-state index in [0.717, 1.165) is 42.2 Å². The van der Waals surface area contributed by atoms with Crippen LogP contribution in [0.4, 0.5) is 0 Å². The van der Waals surface area contributed by atoms with Crippen LogP contribution in [0.1, 0.15) is 30.6 Å². The monoisotopic (exact) mass is 280 g/mol. The van der Waals surface area contributed by atoms with Crippen molar-refractivity contribution in [1.29, 1.82) is 0 Å². The summed E-state index contributed by atoms with van der Waals surface area (Å²) in [6.45, 7) is 3.47. The smallest absolute Gasteiger partial charge is 0.128 e. The van der Waals surface area contributed by atoms with Crippen molar-refractivity contribution in [3.63, 3.8) is 0 Å². The number of benzene rings is 1. The molecule has 0 saturated carbocycles. The van der Waals surface area contributed by atoms with Crippen LogP contribution in [-0.2, 0) is 4.74 Å². The van der Waals surface area contributed by atoms with Gasteiger partial charge in [0.2, 0.25) is 0 Å². The average Bonchev–Trinajstić information content (AvgIpc) is 3.04. The molecule has 0 radical (unpaired) electrons. The Morgan fingerprint density at radius 3 is 3.00 bits per heavy atom. The van der Waals surface area contributed by atoms with E-state index in [1.807, 2.05) is 25.1 Å². The number of aromatic nitrogens is 2. The Morgan fingerprint density at radius 1 is 1.53 bits per heavy atom. The second kappa shape index (κ2) is 5.02. The molecule has 19 heavy (non-hydrogen) atoms. The number of hydrogen-bond donors (Lipinski definition) is 0. The fourth-order valence-corrected chi connectivity index (χ4v) is 2.76. The molecule has 0 aliphatic carbocycles. The van der Waals surface area contributed by atoms with Crippen LogP contribution < -0.4 is 4.74 Å². The lowest BCUT2D eigenvalue weighted by Crippen LogP contribution is -2.12. The molecule has 1 aliphatic rings. The van der Waals surface area contributed by atoms with Gasteiger partial charge in [-0.1, -0.05) is 0 Å². The number of nitrogens with zero attached hydrogens (tertiary/aromatic N) is 2. The number of rotatable bonds is 3. The molecule has 1 aromatic carbocycles. The van der Waals surface area contributed by atoms with Gasteiger partial charge < -0.3 is 14.0 Å². The Morgan fingerprint density at radius 2 is 2.37 bits per heavy atom. The number of imidazole rings is 1. The van der Waals surface area contributed by atoms with Crippen molar-refractivity contribution in [3.05, 3.63) is 24.0 Å². The molecule has 2 aromatic rings. The summed E-state index contributed by atoms with van der Waals surface area (Å²) in [7, 11) is 1.67. The van der Waals surface area contributed by atoms with Crippen LogP contribution in [0.2, 0.25) is 0 Å². The Hall–Kier alpha value is -1.26. The summed E-state index contributed by atoms with van der Waals surface area (Å²) in [6, 6.07) is 6.23. The third-order valence-corrected chi connectivity index (χ3v) is 3.75. The number of ether oxygens (including phenoxy) is 2. The van der Waals surface area contributed by atoms with E-state index in [9.17, 15) is 0 Å². The van der Waals surface area contributed by atoms with Crippen molar-refractivity contribution in [1.82, 2.24) is 9.55 Å². The van der Waals surface area contributed by atoms with Crippen molar-refractivity contribution < 1.29 is 9.47 Å². The number of halogens is 1. The van der Waals surface area contributed by atoms with Gasteiger partial charge in [-0.05, 0) is 25.5 Å². The maximum absolute atomic E-state index is 6.28. The van der Waals surface area contributed by atoms with Crippen LogP contribution in [0.3, 0.4) is 0 Å². The van der Waals surface area contributed by atoms with E-state index in [1.54, 1.807) is 7.11 Å². The SMILES string of the molecule is COc1ccc2nc(C(C)Cl)n(C3CCOC3)c2c1. The summed E-state index contributed by atoms with van der Waals surface area (Å²) in [5, 5.41) is -0.126. The topological polar surface area (TPSA) is 36.3 Å². The van der Waals surface area contributed by atoms with E-state index >= 15 is 0 Å². The molecule has 1 aliphatic heterocycles. The molecule has 0 amide bonds. The van der Waals surface area contributed by atoms with E-state index < -0.39 is 0 Å². The normalized spacial score (nSPS) is 20.9. The highest BCUT2D eigenvalue weighted by Gasteiger charge is 2.25. The van der Waals surface area contributed by atoms with Crippen LogP contribution >= 0.6 is 11.6 Å². The van der Waals surface area contributed by atoms with Crippen molar-refractivity contribution in [3.8, 4) is 5.75 Å². The lowest BCUT2D eigenvalue weighted by molar-refractivity contribution is 0.186. The highest BCUT2D eigenvalue weighted by molar-refractivity contribution is 6.20. The zero-order valence-electron chi connectivity index (χ0n) is 11.1. The molecule has 0 spiro atoms. The third kappa shape index (κ3) is 2.19. The predicted molar refractivity (Wildman–Crippen MR) is 75.0 cm³/mol. The van der Waals surface area contributed by atoms with Gasteiger partial charge in [0.1, 0.15) is 11.6 Å². The van der Waals surface area contributed by atoms with Crippen molar-refractivity contribution in [2.75, 3.05) is 20.3 Å². The zero-order chi connectivity index (χ0) is 13.4. The molecule has 2 atom stereocenters. The fourth-order valence-electron chi connectivity index (χ4n) is 2.61. The number of methoxy groups -OCH3 is 1. The molecule has 5 heteroatoms. The third-order valence-electron chi connectivity index (χ3n) is 3.55. The minimum Gasteiger partial charge on any atom is -0.497 e. The first-order valence-electron chi connectivity index (χ1n) is 6.48. The fraction of sp³-hybridized carbons (Fsp3) is 0.500. The second-order valence-electron chi connectivity index (χ2n) is 4.83. The molecular formula is C14H17ClN2O2. The lowest BCUT2D eigenvalue weighted by atomic mass is 10.2. The van der Waals surface area contributed by atoms with Gasteiger partial charge in [-0.3, -0.25) is 0 Å². The van der Waals surface area contributed by atoms with Crippen LogP contribution in [0.25, 0.3) is 11.0 Å². The van der Waals surface area contributed by atoms with Gasteiger partial charge >= 0.3 is 0 Å². The highest BCUT2D eigenvalue weighted by Crippen LogP contribution is 2.33. The molecule has 0 bridgehead atoms. The maximum atomic E-state index is 6.28. The first-order chi connectivity index (χ1) is 9.20. The minimum absolute atomic E-state index is 0.126. The quantitative estimate of drug-likeness (QED) is 0.810. The Balaban J connectivity index is 2.20. The molecular weight excluding hydrogens is 264 g/mol. The zero-order valence-corrected chi connectivity index (χ0v) is 11.9. The first-order valence-corrected chi connectivity index (χ1v) is 6.92. The molecule has 3 rings (SSSR count). The van der Waals surface area contributed by atoms with Gasteiger partial charge in [0, 0.05) is 12.7 Å². The van der Waals surface area contributed by atoms with Gasteiger partial charge in [-0.2, -0.15) is 0 Å². The molecule has 1 saturated heterocycles. The number of alkyl halides is 1. The van der Waals surface area contributed by atoms with E-state index in [0.29, 0.717) is 6.04 Å². The summed E-state index contributed by atoms with van der Waals surface area (Å²) in [6.07, 6.45) is 0.999. The Labute approximate surface area is 117 Å². The number of fused-ring (bicyclic) bond motifs is 1. The molecule has 1 fully saturated rings. The van der Waals surface area contributed by atoms with E-state index in [2.05, 4.69) is 9.55 Å². The van der Waals surface area contributed by atoms with Gasteiger partial charge in [0.05, 0.1) is 36.2 Å². The molecule has 0 N–H and O–H groups in total. The largest absolute Gasteiger partial charge is 0.497 e.